The first kappa shape index (κ1) is 14.4. The quantitative estimate of drug-likeness (QED) is 0.769. The standard InChI is InChI=1S/C16H21N5O2/c1-16-7-3-9-20(16)15(23)21(14(16)22)12-5-10-19(11-6-12)13-4-2-8-17-18-13/h2,4,8,12H,3,5-7,9-11H2,1H3/t16-/m1/s1. The van der Waals surface area contributed by atoms with Gasteiger partial charge in [-0.25, -0.2) is 4.79 Å². The maximum absolute atomic E-state index is 12.8. The Bertz CT molecular complexity index is 629. The Morgan fingerprint density at radius 3 is 2.65 bits per heavy atom. The molecule has 23 heavy (non-hydrogen) atoms. The lowest BCUT2D eigenvalue weighted by Crippen LogP contribution is -2.49. The van der Waals surface area contributed by atoms with Crippen molar-refractivity contribution in [3.63, 3.8) is 0 Å². The second kappa shape index (κ2) is 5.18. The number of hydrogen-bond donors (Lipinski definition) is 0. The topological polar surface area (TPSA) is 69.6 Å². The van der Waals surface area contributed by atoms with Crippen LogP contribution in [-0.4, -0.2) is 63.2 Å². The molecular formula is C16H21N5O2. The molecule has 3 aliphatic rings. The third-order valence-corrected chi connectivity index (χ3v) is 5.47. The first-order valence-electron chi connectivity index (χ1n) is 8.29. The zero-order valence-corrected chi connectivity index (χ0v) is 13.3. The van der Waals surface area contributed by atoms with Gasteiger partial charge in [0, 0.05) is 31.9 Å². The maximum Gasteiger partial charge on any atom is 0.327 e. The highest BCUT2D eigenvalue weighted by Crippen LogP contribution is 2.39. The summed E-state index contributed by atoms with van der Waals surface area (Å²) in [6.45, 7) is 4.19. The van der Waals surface area contributed by atoms with Crippen LogP contribution < -0.4 is 4.90 Å². The minimum atomic E-state index is -0.598. The third kappa shape index (κ3) is 2.09. The van der Waals surface area contributed by atoms with Gasteiger partial charge in [-0.3, -0.25) is 9.69 Å². The average Bonchev–Trinajstić information content (AvgIpc) is 3.06. The monoisotopic (exact) mass is 315 g/mol. The Hall–Kier alpha value is -2.18. The van der Waals surface area contributed by atoms with Crippen LogP contribution >= 0.6 is 0 Å². The molecule has 0 aromatic carbocycles. The SMILES string of the molecule is C[C@]12CCCN1C(=O)N(C1CCN(c3cccnn3)CC1)C2=O. The van der Waals surface area contributed by atoms with Crippen LogP contribution in [0.4, 0.5) is 10.6 Å². The van der Waals surface area contributed by atoms with Gasteiger partial charge >= 0.3 is 6.03 Å². The molecule has 3 amide bonds. The Balaban J connectivity index is 1.47. The van der Waals surface area contributed by atoms with Crippen LogP contribution in [0.5, 0.6) is 0 Å². The number of carbonyl (C=O) groups is 2. The predicted octanol–water partition coefficient (Wildman–Crippen LogP) is 1.26. The minimum Gasteiger partial charge on any atom is -0.355 e. The Morgan fingerprint density at radius 2 is 2.00 bits per heavy atom. The summed E-state index contributed by atoms with van der Waals surface area (Å²) in [5, 5.41) is 8.04. The molecule has 0 radical (unpaired) electrons. The van der Waals surface area contributed by atoms with Crippen molar-refractivity contribution < 1.29 is 9.59 Å². The number of anilines is 1. The maximum atomic E-state index is 12.8. The largest absolute Gasteiger partial charge is 0.355 e. The fraction of sp³-hybridized carbons (Fsp3) is 0.625. The molecule has 0 N–H and O–H groups in total. The van der Waals surface area contributed by atoms with E-state index in [1.807, 2.05) is 19.1 Å². The van der Waals surface area contributed by atoms with Crippen molar-refractivity contribution in [3.8, 4) is 0 Å². The summed E-state index contributed by atoms with van der Waals surface area (Å²) in [6.07, 6.45) is 4.95. The van der Waals surface area contributed by atoms with E-state index in [4.69, 9.17) is 0 Å². The number of rotatable bonds is 2. The van der Waals surface area contributed by atoms with Crippen molar-refractivity contribution in [1.82, 2.24) is 20.0 Å². The summed E-state index contributed by atoms with van der Waals surface area (Å²) in [7, 11) is 0. The molecule has 3 saturated heterocycles. The molecule has 7 nitrogen and oxygen atoms in total. The van der Waals surface area contributed by atoms with Crippen LogP contribution in [0.25, 0.3) is 0 Å². The van der Waals surface area contributed by atoms with E-state index in [0.717, 1.165) is 44.6 Å². The van der Waals surface area contributed by atoms with E-state index in [1.54, 1.807) is 11.1 Å². The summed E-state index contributed by atoms with van der Waals surface area (Å²) < 4.78 is 0. The number of urea groups is 1. The first-order chi connectivity index (χ1) is 11.1. The molecule has 0 bridgehead atoms. The van der Waals surface area contributed by atoms with Gasteiger partial charge in [0.05, 0.1) is 0 Å². The molecule has 0 spiro atoms. The molecule has 1 aromatic heterocycles. The van der Waals surface area contributed by atoms with Crippen molar-refractivity contribution in [3.05, 3.63) is 18.3 Å². The van der Waals surface area contributed by atoms with E-state index < -0.39 is 5.54 Å². The van der Waals surface area contributed by atoms with Gasteiger partial charge in [0.1, 0.15) is 5.54 Å². The number of fused-ring (bicyclic) bond motifs is 1. The van der Waals surface area contributed by atoms with Crippen molar-refractivity contribution in [2.75, 3.05) is 24.5 Å². The number of amides is 3. The molecule has 122 valence electrons. The average molecular weight is 315 g/mol. The second-order valence-electron chi connectivity index (χ2n) is 6.79. The summed E-state index contributed by atoms with van der Waals surface area (Å²) in [5.74, 6) is 0.857. The molecule has 3 fully saturated rings. The lowest BCUT2D eigenvalue weighted by atomic mass is 9.97. The van der Waals surface area contributed by atoms with Crippen LogP contribution in [0, 0.1) is 0 Å². The zero-order chi connectivity index (χ0) is 16.0. The number of carbonyl (C=O) groups excluding carboxylic acids is 2. The summed E-state index contributed by atoms with van der Waals surface area (Å²) in [5.41, 5.74) is -0.598. The van der Waals surface area contributed by atoms with Crippen molar-refractivity contribution in [1.29, 1.82) is 0 Å². The van der Waals surface area contributed by atoms with Gasteiger partial charge in [-0.2, -0.15) is 5.10 Å². The van der Waals surface area contributed by atoms with Gasteiger partial charge in [-0.15, -0.1) is 5.10 Å². The van der Waals surface area contributed by atoms with E-state index in [-0.39, 0.29) is 18.0 Å². The zero-order valence-electron chi connectivity index (χ0n) is 13.3. The van der Waals surface area contributed by atoms with Crippen molar-refractivity contribution in [2.45, 2.75) is 44.2 Å². The minimum absolute atomic E-state index is 0.00190. The number of imide groups is 1. The predicted molar refractivity (Wildman–Crippen MR) is 83.9 cm³/mol. The molecule has 0 unspecified atom stereocenters. The molecule has 0 aliphatic carbocycles. The summed E-state index contributed by atoms with van der Waals surface area (Å²) in [4.78, 5) is 30.9. The highest BCUT2D eigenvalue weighted by molar-refractivity contribution is 6.07. The lowest BCUT2D eigenvalue weighted by molar-refractivity contribution is -0.133. The second-order valence-corrected chi connectivity index (χ2v) is 6.79. The van der Waals surface area contributed by atoms with Crippen molar-refractivity contribution in [2.24, 2.45) is 0 Å². The molecule has 1 aromatic rings. The first-order valence-corrected chi connectivity index (χ1v) is 8.29. The van der Waals surface area contributed by atoms with Gasteiger partial charge in [0.2, 0.25) is 0 Å². The Morgan fingerprint density at radius 1 is 1.22 bits per heavy atom. The van der Waals surface area contributed by atoms with Crippen LogP contribution in [0.3, 0.4) is 0 Å². The number of piperidine rings is 1. The van der Waals surface area contributed by atoms with Crippen LogP contribution in [0.2, 0.25) is 0 Å². The lowest BCUT2D eigenvalue weighted by Gasteiger charge is -2.36. The van der Waals surface area contributed by atoms with Crippen LogP contribution in [0.1, 0.15) is 32.6 Å². The van der Waals surface area contributed by atoms with Gasteiger partial charge in [-0.1, -0.05) is 0 Å². The third-order valence-electron chi connectivity index (χ3n) is 5.47. The highest BCUT2D eigenvalue weighted by atomic mass is 16.2. The molecule has 3 aliphatic heterocycles. The van der Waals surface area contributed by atoms with E-state index in [2.05, 4.69) is 15.1 Å². The number of nitrogens with zero attached hydrogens (tertiary/aromatic N) is 5. The smallest absolute Gasteiger partial charge is 0.327 e. The summed E-state index contributed by atoms with van der Waals surface area (Å²) >= 11 is 0. The van der Waals surface area contributed by atoms with E-state index in [9.17, 15) is 9.59 Å². The van der Waals surface area contributed by atoms with Crippen LogP contribution in [0.15, 0.2) is 18.3 Å². The summed E-state index contributed by atoms with van der Waals surface area (Å²) in [6, 6.07) is 3.73. The van der Waals surface area contributed by atoms with Gasteiger partial charge in [0.15, 0.2) is 5.82 Å². The molecule has 4 heterocycles. The van der Waals surface area contributed by atoms with Crippen LogP contribution in [-0.2, 0) is 4.79 Å². The number of hydrogen-bond acceptors (Lipinski definition) is 5. The molecule has 1 atom stereocenters. The van der Waals surface area contributed by atoms with Gasteiger partial charge in [0.25, 0.3) is 5.91 Å². The molecule has 4 rings (SSSR count). The highest BCUT2D eigenvalue weighted by Gasteiger charge is 2.58. The Labute approximate surface area is 135 Å². The van der Waals surface area contributed by atoms with Gasteiger partial charge in [-0.05, 0) is 44.7 Å². The van der Waals surface area contributed by atoms with Crippen molar-refractivity contribution >= 4 is 17.8 Å². The number of aromatic nitrogens is 2. The Kier molecular flexibility index (Phi) is 3.25. The van der Waals surface area contributed by atoms with E-state index in [0.29, 0.717) is 6.54 Å². The van der Waals surface area contributed by atoms with E-state index in [1.165, 1.54) is 4.90 Å². The van der Waals surface area contributed by atoms with E-state index >= 15 is 0 Å². The fourth-order valence-corrected chi connectivity index (χ4v) is 4.11. The normalized spacial score (nSPS) is 28.7. The fourth-order valence-electron chi connectivity index (χ4n) is 4.11. The molecule has 7 heteroatoms. The molecule has 0 saturated carbocycles. The van der Waals surface area contributed by atoms with Gasteiger partial charge < -0.3 is 9.80 Å². The molecular weight excluding hydrogens is 294 g/mol.